The lowest BCUT2D eigenvalue weighted by Gasteiger charge is -2.50. The Morgan fingerprint density at radius 2 is 2.28 bits per heavy atom. The quantitative estimate of drug-likeness (QED) is 0.793. The topological polar surface area (TPSA) is 41.7 Å². The van der Waals surface area contributed by atoms with Crippen LogP contribution in [0.4, 0.5) is 0 Å². The first-order valence-corrected chi connectivity index (χ1v) is 7.29. The number of nitrogens with two attached hydrogens (primary N) is 1. The standard InChI is InChI=1S/C14H29N3O/c1-12(10-18-3)16(2)14(11-15)6-8-17-7-4-5-13(17)9-14/h12-13H,4-11,15H2,1-3H3. The molecular formula is C14H29N3O. The summed E-state index contributed by atoms with van der Waals surface area (Å²) in [4.78, 5) is 5.13. The molecule has 2 heterocycles. The fraction of sp³-hybridized carbons (Fsp3) is 1.00. The Bertz CT molecular complexity index is 274. The molecule has 0 bridgehead atoms. The lowest BCUT2D eigenvalue weighted by atomic mass is 9.81. The van der Waals surface area contributed by atoms with Gasteiger partial charge in [0.2, 0.25) is 0 Å². The average Bonchev–Trinajstić information content (AvgIpc) is 2.84. The Hall–Kier alpha value is -0.160. The molecule has 0 spiro atoms. The molecule has 0 saturated carbocycles. The van der Waals surface area contributed by atoms with E-state index in [-0.39, 0.29) is 5.54 Å². The Morgan fingerprint density at radius 3 is 2.94 bits per heavy atom. The first kappa shape index (κ1) is 14.3. The highest BCUT2D eigenvalue weighted by atomic mass is 16.5. The minimum atomic E-state index is 0.184. The zero-order chi connectivity index (χ0) is 13.2. The predicted octanol–water partition coefficient (Wildman–Crippen LogP) is 0.909. The number of fused-ring (bicyclic) bond motifs is 1. The summed E-state index contributed by atoms with van der Waals surface area (Å²) in [5.74, 6) is 0. The van der Waals surface area contributed by atoms with Crippen LogP contribution in [-0.4, -0.2) is 67.8 Å². The Morgan fingerprint density at radius 1 is 1.50 bits per heavy atom. The molecule has 0 aromatic carbocycles. The smallest absolute Gasteiger partial charge is 0.0615 e. The molecule has 3 unspecified atom stereocenters. The van der Waals surface area contributed by atoms with E-state index in [1.54, 1.807) is 7.11 Å². The molecule has 0 aromatic rings. The molecule has 2 aliphatic heterocycles. The Balaban J connectivity index is 2.05. The van der Waals surface area contributed by atoms with Crippen molar-refractivity contribution in [3.8, 4) is 0 Å². The van der Waals surface area contributed by atoms with Gasteiger partial charge in [0.1, 0.15) is 0 Å². The molecule has 2 fully saturated rings. The van der Waals surface area contributed by atoms with Gasteiger partial charge in [0.05, 0.1) is 6.61 Å². The van der Waals surface area contributed by atoms with Crippen molar-refractivity contribution in [2.45, 2.75) is 50.2 Å². The summed E-state index contributed by atoms with van der Waals surface area (Å²) < 4.78 is 5.30. The number of piperidine rings is 1. The highest BCUT2D eigenvalue weighted by Gasteiger charge is 2.44. The largest absolute Gasteiger partial charge is 0.383 e. The highest BCUT2D eigenvalue weighted by Crippen LogP contribution is 2.36. The van der Waals surface area contributed by atoms with Crippen LogP contribution >= 0.6 is 0 Å². The van der Waals surface area contributed by atoms with E-state index >= 15 is 0 Å². The summed E-state index contributed by atoms with van der Waals surface area (Å²) in [6, 6.07) is 1.20. The second kappa shape index (κ2) is 5.87. The molecule has 2 saturated heterocycles. The molecule has 4 heteroatoms. The van der Waals surface area contributed by atoms with Crippen LogP contribution in [-0.2, 0) is 4.74 Å². The van der Waals surface area contributed by atoms with E-state index in [4.69, 9.17) is 10.5 Å². The third-order valence-electron chi connectivity index (χ3n) is 5.18. The van der Waals surface area contributed by atoms with Gasteiger partial charge in [0, 0.05) is 37.8 Å². The number of hydrogen-bond acceptors (Lipinski definition) is 4. The summed E-state index contributed by atoms with van der Waals surface area (Å²) >= 11 is 0. The zero-order valence-electron chi connectivity index (χ0n) is 12.2. The van der Waals surface area contributed by atoms with E-state index in [1.807, 2.05) is 0 Å². The van der Waals surface area contributed by atoms with Gasteiger partial charge in [-0.05, 0) is 46.2 Å². The SMILES string of the molecule is COCC(C)N(C)C1(CN)CCN2CCCC2C1. The summed E-state index contributed by atoms with van der Waals surface area (Å²) in [5.41, 5.74) is 6.34. The van der Waals surface area contributed by atoms with Crippen molar-refractivity contribution in [3.63, 3.8) is 0 Å². The van der Waals surface area contributed by atoms with Crippen LogP contribution in [0.15, 0.2) is 0 Å². The lowest BCUT2D eigenvalue weighted by molar-refractivity contribution is -0.0143. The maximum atomic E-state index is 6.15. The predicted molar refractivity (Wildman–Crippen MR) is 74.7 cm³/mol. The molecule has 4 nitrogen and oxygen atoms in total. The fourth-order valence-corrected chi connectivity index (χ4v) is 3.78. The first-order valence-electron chi connectivity index (χ1n) is 7.29. The van der Waals surface area contributed by atoms with Crippen LogP contribution in [0.3, 0.4) is 0 Å². The fourth-order valence-electron chi connectivity index (χ4n) is 3.78. The molecule has 0 aromatic heterocycles. The van der Waals surface area contributed by atoms with Gasteiger partial charge in [-0.1, -0.05) is 0 Å². The van der Waals surface area contributed by atoms with Gasteiger partial charge in [-0.2, -0.15) is 0 Å². The van der Waals surface area contributed by atoms with Crippen LogP contribution in [0.1, 0.15) is 32.6 Å². The molecule has 2 aliphatic rings. The molecule has 2 rings (SSSR count). The monoisotopic (exact) mass is 255 g/mol. The van der Waals surface area contributed by atoms with Gasteiger partial charge in [-0.15, -0.1) is 0 Å². The third kappa shape index (κ3) is 2.57. The molecule has 106 valence electrons. The summed E-state index contributed by atoms with van der Waals surface area (Å²) in [6.07, 6.45) is 5.15. The van der Waals surface area contributed by atoms with E-state index in [2.05, 4.69) is 23.8 Å². The summed E-state index contributed by atoms with van der Waals surface area (Å²) in [7, 11) is 4.00. The molecule has 0 radical (unpaired) electrons. The van der Waals surface area contributed by atoms with Gasteiger partial charge in [0.15, 0.2) is 0 Å². The van der Waals surface area contributed by atoms with E-state index in [0.29, 0.717) is 6.04 Å². The molecule has 2 N–H and O–H groups in total. The van der Waals surface area contributed by atoms with Gasteiger partial charge in [0.25, 0.3) is 0 Å². The van der Waals surface area contributed by atoms with E-state index in [9.17, 15) is 0 Å². The van der Waals surface area contributed by atoms with Crippen LogP contribution in [0.2, 0.25) is 0 Å². The second-order valence-electron chi connectivity index (χ2n) is 6.13. The molecule has 0 aliphatic carbocycles. The first-order chi connectivity index (χ1) is 8.63. The van der Waals surface area contributed by atoms with Gasteiger partial charge in [-0.25, -0.2) is 0 Å². The van der Waals surface area contributed by atoms with Crippen LogP contribution in [0.25, 0.3) is 0 Å². The van der Waals surface area contributed by atoms with E-state index in [1.165, 1.54) is 38.8 Å². The third-order valence-corrected chi connectivity index (χ3v) is 5.18. The minimum Gasteiger partial charge on any atom is -0.383 e. The molecule has 3 atom stereocenters. The molecule has 0 amide bonds. The average molecular weight is 255 g/mol. The van der Waals surface area contributed by atoms with Crippen molar-refractivity contribution in [2.75, 3.05) is 40.4 Å². The summed E-state index contributed by atoms with van der Waals surface area (Å²) in [6.45, 7) is 6.30. The number of hydrogen-bond donors (Lipinski definition) is 1. The van der Waals surface area contributed by atoms with Crippen molar-refractivity contribution in [1.82, 2.24) is 9.80 Å². The number of rotatable bonds is 5. The van der Waals surface area contributed by atoms with Gasteiger partial charge < -0.3 is 15.4 Å². The Kier molecular flexibility index (Phi) is 4.64. The van der Waals surface area contributed by atoms with Crippen LogP contribution in [0, 0.1) is 0 Å². The van der Waals surface area contributed by atoms with Gasteiger partial charge >= 0.3 is 0 Å². The Labute approximate surface area is 111 Å². The maximum absolute atomic E-state index is 6.15. The molecule has 18 heavy (non-hydrogen) atoms. The maximum Gasteiger partial charge on any atom is 0.0615 e. The van der Waals surface area contributed by atoms with E-state index < -0.39 is 0 Å². The lowest BCUT2D eigenvalue weighted by Crippen LogP contribution is -2.62. The normalized spacial score (nSPS) is 34.8. The molecular weight excluding hydrogens is 226 g/mol. The highest BCUT2D eigenvalue weighted by molar-refractivity contribution is 5.02. The second-order valence-corrected chi connectivity index (χ2v) is 6.13. The van der Waals surface area contributed by atoms with Gasteiger partial charge in [-0.3, -0.25) is 4.90 Å². The van der Waals surface area contributed by atoms with Crippen molar-refractivity contribution < 1.29 is 4.74 Å². The summed E-state index contributed by atoms with van der Waals surface area (Å²) in [5, 5.41) is 0. The van der Waals surface area contributed by atoms with E-state index in [0.717, 1.165) is 19.2 Å². The van der Waals surface area contributed by atoms with Crippen LogP contribution in [0.5, 0.6) is 0 Å². The number of likely N-dealkylation sites (N-methyl/N-ethyl adjacent to an activating group) is 1. The number of nitrogens with zero attached hydrogens (tertiary/aromatic N) is 2. The number of ether oxygens (including phenoxy) is 1. The van der Waals surface area contributed by atoms with Crippen molar-refractivity contribution in [3.05, 3.63) is 0 Å². The van der Waals surface area contributed by atoms with Crippen molar-refractivity contribution >= 4 is 0 Å². The minimum absolute atomic E-state index is 0.184. The van der Waals surface area contributed by atoms with Crippen molar-refractivity contribution in [1.29, 1.82) is 0 Å². The zero-order valence-corrected chi connectivity index (χ0v) is 12.2. The van der Waals surface area contributed by atoms with Crippen molar-refractivity contribution in [2.24, 2.45) is 5.73 Å². The van der Waals surface area contributed by atoms with Crippen LogP contribution < -0.4 is 5.73 Å². The number of methoxy groups -OCH3 is 1.